The highest BCUT2D eigenvalue weighted by atomic mass is 28.4. The van der Waals surface area contributed by atoms with Crippen molar-refractivity contribution >= 4 is 16.6 Å². The highest BCUT2D eigenvalue weighted by Gasteiger charge is 2.37. The van der Waals surface area contributed by atoms with E-state index in [-0.39, 0.29) is 5.04 Å². The molecule has 0 rings (SSSR count). The predicted molar refractivity (Wildman–Crippen MR) is 99.6 cm³/mol. The van der Waals surface area contributed by atoms with Crippen LogP contribution in [0.15, 0.2) is 24.5 Å². The van der Waals surface area contributed by atoms with E-state index in [1.54, 1.807) is 0 Å². The topological polar surface area (TPSA) is 18.5 Å². The molecule has 4 heteroatoms. The summed E-state index contributed by atoms with van der Waals surface area (Å²) in [4.78, 5) is 0. The second-order valence-electron chi connectivity index (χ2n) is 8.58. The minimum atomic E-state index is -1.69. The van der Waals surface area contributed by atoms with Crippen LogP contribution in [0.3, 0.4) is 0 Å². The van der Waals surface area contributed by atoms with E-state index in [1.165, 1.54) is 0 Å². The molecule has 0 radical (unpaired) electrons. The van der Waals surface area contributed by atoms with E-state index in [9.17, 15) is 0 Å². The van der Waals surface area contributed by atoms with Gasteiger partial charge in [-0.2, -0.15) is 0 Å². The summed E-state index contributed by atoms with van der Waals surface area (Å²) < 4.78 is 12.2. The maximum atomic E-state index is 6.21. The molecule has 1 atom stereocenters. The first-order chi connectivity index (χ1) is 9.16. The van der Waals surface area contributed by atoms with Gasteiger partial charge in [0.25, 0.3) is 0 Å². The maximum absolute atomic E-state index is 6.21. The minimum Gasteiger partial charge on any atom is -0.548 e. The highest BCUT2D eigenvalue weighted by molar-refractivity contribution is 6.74. The van der Waals surface area contributed by atoms with Crippen LogP contribution in [0, 0.1) is 5.92 Å². The molecule has 0 bridgehead atoms. The van der Waals surface area contributed by atoms with Crippen LogP contribution >= 0.6 is 0 Å². The van der Waals surface area contributed by atoms with Crippen molar-refractivity contribution in [3.05, 3.63) is 24.5 Å². The number of hydrogen-bond donors (Lipinski definition) is 0. The average Bonchev–Trinajstić information content (AvgIpc) is 2.22. The van der Waals surface area contributed by atoms with E-state index >= 15 is 0 Å². The monoisotopic (exact) mass is 328 g/mol. The Kier molecular flexibility index (Phi) is 7.18. The first-order valence-corrected chi connectivity index (χ1v) is 14.2. The average molecular weight is 329 g/mol. The molecule has 0 N–H and O–H groups in total. The lowest BCUT2D eigenvalue weighted by molar-refractivity contribution is 0.304. The SMILES string of the molecule is C=C(CO[Si](C)(C)C(C)(C)C)C[C@H](C)C(=C)O[Si](C)(C)C. The van der Waals surface area contributed by atoms with Crippen molar-refractivity contribution in [1.82, 2.24) is 0 Å². The zero-order valence-corrected chi connectivity index (χ0v) is 17.7. The van der Waals surface area contributed by atoms with E-state index in [4.69, 9.17) is 8.85 Å². The normalized spacial score (nSPS) is 14.7. The van der Waals surface area contributed by atoms with Gasteiger partial charge < -0.3 is 8.85 Å². The molecule has 0 heterocycles. The summed E-state index contributed by atoms with van der Waals surface area (Å²) in [6, 6.07) is 0. The fraction of sp³-hybridized carbons (Fsp3) is 0.765. The van der Waals surface area contributed by atoms with Crippen LogP contribution in [0.5, 0.6) is 0 Å². The quantitative estimate of drug-likeness (QED) is 0.311. The Hall–Kier alpha value is -0.326. The van der Waals surface area contributed by atoms with Gasteiger partial charge in [0.15, 0.2) is 8.32 Å². The Morgan fingerprint density at radius 1 is 1.05 bits per heavy atom. The summed E-state index contributed by atoms with van der Waals surface area (Å²) in [7, 11) is -3.25. The standard InChI is InChI=1S/C17H36O2Si2/c1-14(13-18-21(10,11)17(4,5)6)12-15(2)16(3)19-20(7,8)9/h15H,1,3,12-13H2,2,4-11H3/t15-/m0/s1. The van der Waals surface area contributed by atoms with Gasteiger partial charge >= 0.3 is 0 Å². The Morgan fingerprint density at radius 2 is 1.52 bits per heavy atom. The summed E-state index contributed by atoms with van der Waals surface area (Å²) >= 11 is 0. The second-order valence-corrected chi connectivity index (χ2v) is 17.8. The van der Waals surface area contributed by atoms with Crippen molar-refractivity contribution < 1.29 is 8.85 Å². The van der Waals surface area contributed by atoms with Gasteiger partial charge in [-0.25, -0.2) is 0 Å². The molecule has 0 aromatic rings. The number of allylic oxidation sites excluding steroid dienone is 1. The van der Waals surface area contributed by atoms with Gasteiger partial charge in [-0.05, 0) is 44.2 Å². The fourth-order valence-corrected chi connectivity index (χ4v) is 3.58. The molecular weight excluding hydrogens is 292 g/mol. The third kappa shape index (κ3) is 8.02. The molecule has 0 aromatic heterocycles. The van der Waals surface area contributed by atoms with Crippen LogP contribution in [0.2, 0.25) is 37.8 Å². The molecule has 0 fully saturated rings. The summed E-state index contributed by atoms with van der Waals surface area (Å²) in [5.74, 6) is 1.19. The first kappa shape index (κ1) is 20.7. The van der Waals surface area contributed by atoms with Crippen molar-refractivity contribution in [3.8, 4) is 0 Å². The molecule has 0 aliphatic carbocycles. The summed E-state index contributed by atoms with van der Waals surface area (Å²) in [5.41, 5.74) is 1.13. The molecule has 0 aromatic carbocycles. The lowest BCUT2D eigenvalue weighted by atomic mass is 10.0. The van der Waals surface area contributed by atoms with E-state index < -0.39 is 16.6 Å². The molecule has 0 saturated heterocycles. The Balaban J connectivity index is 4.37. The third-order valence-electron chi connectivity index (χ3n) is 4.03. The van der Waals surface area contributed by atoms with Gasteiger partial charge in [0.2, 0.25) is 8.32 Å². The van der Waals surface area contributed by atoms with Gasteiger partial charge in [0.1, 0.15) is 0 Å². The van der Waals surface area contributed by atoms with E-state index in [0.29, 0.717) is 12.5 Å². The lowest BCUT2D eigenvalue weighted by Crippen LogP contribution is -2.41. The van der Waals surface area contributed by atoms with Crippen LogP contribution in [0.25, 0.3) is 0 Å². The van der Waals surface area contributed by atoms with Gasteiger partial charge in [-0.3, -0.25) is 0 Å². The highest BCUT2D eigenvalue weighted by Crippen LogP contribution is 2.37. The largest absolute Gasteiger partial charge is 0.548 e. The summed E-state index contributed by atoms with van der Waals surface area (Å²) in [5, 5.41) is 0.240. The third-order valence-corrected chi connectivity index (χ3v) is 9.38. The second kappa shape index (κ2) is 7.29. The van der Waals surface area contributed by atoms with Crippen LogP contribution in [0.1, 0.15) is 34.1 Å². The fourth-order valence-electron chi connectivity index (χ4n) is 1.60. The molecule has 0 amide bonds. The molecule has 0 unspecified atom stereocenters. The Bertz CT molecular complexity index is 373. The summed E-state index contributed by atoms with van der Waals surface area (Å²) in [6.45, 7) is 28.9. The van der Waals surface area contributed by atoms with Crippen LogP contribution in [-0.4, -0.2) is 23.2 Å². The minimum absolute atomic E-state index is 0.240. The smallest absolute Gasteiger partial charge is 0.241 e. The van der Waals surface area contributed by atoms with Crippen LogP contribution in [-0.2, 0) is 8.85 Å². The van der Waals surface area contributed by atoms with Gasteiger partial charge in [0, 0.05) is 5.92 Å². The van der Waals surface area contributed by atoms with Crippen LogP contribution < -0.4 is 0 Å². The van der Waals surface area contributed by atoms with E-state index in [1.807, 2.05) is 0 Å². The molecular formula is C17H36O2Si2. The first-order valence-electron chi connectivity index (χ1n) is 7.84. The Labute approximate surface area is 134 Å². The molecule has 0 aliphatic rings. The molecule has 2 nitrogen and oxygen atoms in total. The van der Waals surface area contributed by atoms with Gasteiger partial charge in [0.05, 0.1) is 12.4 Å². The van der Waals surface area contributed by atoms with Crippen molar-refractivity contribution in [2.24, 2.45) is 5.92 Å². The van der Waals surface area contributed by atoms with E-state index in [2.05, 4.69) is 73.6 Å². The predicted octanol–water partition coefficient (Wildman–Crippen LogP) is 5.96. The zero-order valence-electron chi connectivity index (χ0n) is 15.7. The summed E-state index contributed by atoms with van der Waals surface area (Å²) in [6.07, 6.45) is 0.887. The van der Waals surface area contributed by atoms with Crippen molar-refractivity contribution in [3.63, 3.8) is 0 Å². The van der Waals surface area contributed by atoms with Crippen molar-refractivity contribution in [2.45, 2.75) is 71.9 Å². The zero-order chi connectivity index (χ0) is 17.1. The maximum Gasteiger partial charge on any atom is 0.241 e. The van der Waals surface area contributed by atoms with E-state index in [0.717, 1.165) is 17.8 Å². The molecule has 0 aliphatic heterocycles. The molecule has 0 spiro atoms. The van der Waals surface area contributed by atoms with Crippen LogP contribution in [0.4, 0.5) is 0 Å². The van der Waals surface area contributed by atoms with Gasteiger partial charge in [-0.15, -0.1) is 0 Å². The number of rotatable bonds is 8. The molecule has 21 heavy (non-hydrogen) atoms. The van der Waals surface area contributed by atoms with Crippen molar-refractivity contribution in [2.75, 3.05) is 6.61 Å². The van der Waals surface area contributed by atoms with Gasteiger partial charge in [-0.1, -0.05) is 46.4 Å². The number of hydrogen-bond acceptors (Lipinski definition) is 2. The molecule has 124 valence electrons. The molecule has 0 saturated carbocycles. The lowest BCUT2D eigenvalue weighted by Gasteiger charge is -2.36. The Morgan fingerprint density at radius 3 is 1.90 bits per heavy atom. The van der Waals surface area contributed by atoms with Crippen molar-refractivity contribution in [1.29, 1.82) is 0 Å².